The van der Waals surface area contributed by atoms with Gasteiger partial charge < -0.3 is 4.43 Å². The highest BCUT2D eigenvalue weighted by Gasteiger charge is 2.51. The van der Waals surface area contributed by atoms with Crippen molar-refractivity contribution in [3.63, 3.8) is 0 Å². The Morgan fingerprint density at radius 3 is 1.81 bits per heavy atom. The molecule has 0 aliphatic carbocycles. The summed E-state index contributed by atoms with van der Waals surface area (Å²) in [7, 11) is -2.19. The van der Waals surface area contributed by atoms with Crippen molar-refractivity contribution in [2.75, 3.05) is 0 Å². The van der Waals surface area contributed by atoms with Gasteiger partial charge in [-0.2, -0.15) is 0 Å². The third-order valence-electron chi connectivity index (χ3n) is 5.67. The fourth-order valence-electron chi connectivity index (χ4n) is 4.38. The molecule has 2 atom stereocenters. The summed E-state index contributed by atoms with van der Waals surface area (Å²) < 4.78 is 6.99. The fraction of sp³-hybridized carbons (Fsp3) is 0.250. The van der Waals surface area contributed by atoms with E-state index in [0.717, 1.165) is 19.3 Å². The molecule has 0 bridgehead atoms. The van der Waals surface area contributed by atoms with Gasteiger partial charge in [-0.25, -0.2) is 0 Å². The minimum Gasteiger partial charge on any atom is -0.405 e. The molecule has 2 heteroatoms. The molecule has 0 radical (unpaired) electrons. The number of rotatable bonds is 5. The second kappa shape index (κ2) is 7.61. The summed E-state index contributed by atoms with van der Waals surface area (Å²) in [4.78, 5) is 0. The smallest absolute Gasteiger partial charge is 0.258 e. The second-order valence-electron chi connectivity index (χ2n) is 7.37. The van der Waals surface area contributed by atoms with Crippen LogP contribution < -0.4 is 10.4 Å². The molecule has 0 aromatic heterocycles. The van der Waals surface area contributed by atoms with E-state index in [-0.39, 0.29) is 0 Å². The Balaban J connectivity index is 1.62. The zero-order chi connectivity index (χ0) is 17.8. The molecule has 26 heavy (non-hydrogen) atoms. The van der Waals surface area contributed by atoms with Crippen LogP contribution in [0.2, 0.25) is 5.54 Å². The zero-order valence-electron chi connectivity index (χ0n) is 15.3. The van der Waals surface area contributed by atoms with Crippen molar-refractivity contribution in [2.45, 2.75) is 37.8 Å². The van der Waals surface area contributed by atoms with Crippen LogP contribution in [0.25, 0.3) is 0 Å². The molecule has 3 aromatic carbocycles. The van der Waals surface area contributed by atoms with Crippen LogP contribution >= 0.6 is 0 Å². The van der Waals surface area contributed by atoms with Gasteiger partial charge in [-0.1, -0.05) is 97.9 Å². The third kappa shape index (κ3) is 3.27. The van der Waals surface area contributed by atoms with E-state index in [1.165, 1.54) is 15.9 Å². The number of hydrogen-bond acceptors (Lipinski definition) is 1. The molecule has 1 nitrogen and oxygen atoms in total. The average Bonchev–Trinajstić information content (AvgIpc) is 3.06. The summed E-state index contributed by atoms with van der Waals surface area (Å²) >= 11 is 0. The highest BCUT2D eigenvalue weighted by Crippen LogP contribution is 2.38. The van der Waals surface area contributed by atoms with Crippen LogP contribution in [0.4, 0.5) is 0 Å². The first-order valence-electron chi connectivity index (χ1n) is 9.62. The Bertz CT molecular complexity index is 777. The second-order valence-corrected chi connectivity index (χ2v) is 11.2. The van der Waals surface area contributed by atoms with Crippen molar-refractivity contribution in [1.82, 2.24) is 0 Å². The van der Waals surface area contributed by atoms with Crippen LogP contribution in [0.3, 0.4) is 0 Å². The molecule has 1 saturated heterocycles. The predicted octanol–water partition coefficient (Wildman–Crippen LogP) is 4.56. The van der Waals surface area contributed by atoms with E-state index in [0.29, 0.717) is 11.6 Å². The SMILES string of the molecule is C[C@@H]1C[C@@H](CCc2ccccc2)O[Si]1(c1ccccc1)c1ccccc1. The maximum atomic E-state index is 6.99. The summed E-state index contributed by atoms with van der Waals surface area (Å²) in [6.07, 6.45) is 3.69. The van der Waals surface area contributed by atoms with Gasteiger partial charge in [0.25, 0.3) is 8.32 Å². The standard InChI is InChI=1S/C24H26OSi/c1-20-19-22(18-17-21-11-5-2-6-12-21)25-26(20,23-13-7-3-8-14-23)24-15-9-4-10-16-24/h2-16,20,22H,17-19H2,1H3/t20-,22-/m1/s1. The Hall–Kier alpha value is -2.16. The molecule has 0 spiro atoms. The van der Waals surface area contributed by atoms with Gasteiger partial charge in [0, 0.05) is 6.10 Å². The number of benzene rings is 3. The zero-order valence-corrected chi connectivity index (χ0v) is 16.3. The van der Waals surface area contributed by atoms with Crippen molar-refractivity contribution in [1.29, 1.82) is 0 Å². The van der Waals surface area contributed by atoms with E-state index in [9.17, 15) is 0 Å². The minimum atomic E-state index is -2.19. The van der Waals surface area contributed by atoms with E-state index in [2.05, 4.69) is 97.9 Å². The molecule has 1 aliphatic rings. The number of hydrogen-bond donors (Lipinski definition) is 0. The Kier molecular flexibility index (Phi) is 5.05. The first kappa shape index (κ1) is 17.3. The molecule has 0 saturated carbocycles. The van der Waals surface area contributed by atoms with E-state index in [1.807, 2.05) is 0 Å². The van der Waals surface area contributed by atoms with Crippen molar-refractivity contribution in [3.8, 4) is 0 Å². The van der Waals surface area contributed by atoms with Crippen molar-refractivity contribution in [3.05, 3.63) is 96.6 Å². The van der Waals surface area contributed by atoms with Gasteiger partial charge in [-0.05, 0) is 40.7 Å². The highest BCUT2D eigenvalue weighted by molar-refractivity contribution is 6.98. The molecule has 132 valence electrons. The van der Waals surface area contributed by atoms with Gasteiger partial charge in [0.1, 0.15) is 0 Å². The molecule has 0 unspecified atom stereocenters. The Morgan fingerprint density at radius 1 is 0.769 bits per heavy atom. The lowest BCUT2D eigenvalue weighted by Gasteiger charge is -2.31. The molecular weight excluding hydrogens is 332 g/mol. The van der Waals surface area contributed by atoms with Crippen LogP contribution in [-0.2, 0) is 10.8 Å². The van der Waals surface area contributed by atoms with E-state index >= 15 is 0 Å². The van der Waals surface area contributed by atoms with E-state index < -0.39 is 8.32 Å². The molecule has 0 N–H and O–H groups in total. The molecule has 1 heterocycles. The summed E-state index contributed by atoms with van der Waals surface area (Å²) in [5.41, 5.74) is 1.98. The largest absolute Gasteiger partial charge is 0.405 e. The van der Waals surface area contributed by atoms with Crippen molar-refractivity contribution in [2.24, 2.45) is 0 Å². The fourth-order valence-corrected chi connectivity index (χ4v) is 9.07. The normalized spacial score (nSPS) is 21.6. The van der Waals surface area contributed by atoms with E-state index in [4.69, 9.17) is 4.43 Å². The van der Waals surface area contributed by atoms with Crippen molar-refractivity contribution < 1.29 is 4.43 Å². The van der Waals surface area contributed by atoms with Crippen LogP contribution in [0.15, 0.2) is 91.0 Å². The van der Waals surface area contributed by atoms with Gasteiger partial charge in [0.2, 0.25) is 0 Å². The third-order valence-corrected chi connectivity index (χ3v) is 10.4. The van der Waals surface area contributed by atoms with Crippen LogP contribution in [0.5, 0.6) is 0 Å². The molecule has 0 amide bonds. The summed E-state index contributed by atoms with van der Waals surface area (Å²) in [5, 5.41) is 2.81. The van der Waals surface area contributed by atoms with Gasteiger partial charge in [-0.15, -0.1) is 0 Å². The lowest BCUT2D eigenvalue weighted by atomic mass is 10.0. The van der Waals surface area contributed by atoms with Gasteiger partial charge in [0.05, 0.1) is 0 Å². The Morgan fingerprint density at radius 2 is 1.27 bits per heavy atom. The highest BCUT2D eigenvalue weighted by atomic mass is 28.4. The monoisotopic (exact) mass is 358 g/mol. The maximum absolute atomic E-state index is 6.99. The average molecular weight is 359 g/mol. The lowest BCUT2D eigenvalue weighted by molar-refractivity contribution is 0.216. The summed E-state index contributed by atoms with van der Waals surface area (Å²) in [6.45, 7) is 2.40. The topological polar surface area (TPSA) is 9.23 Å². The molecule has 1 fully saturated rings. The summed E-state index contributed by atoms with van der Waals surface area (Å²) in [6, 6.07) is 32.7. The van der Waals surface area contributed by atoms with Crippen LogP contribution in [-0.4, -0.2) is 14.4 Å². The molecular formula is C24H26OSi. The van der Waals surface area contributed by atoms with Crippen LogP contribution in [0, 0.1) is 0 Å². The first-order valence-corrected chi connectivity index (χ1v) is 11.6. The maximum Gasteiger partial charge on any atom is 0.258 e. The predicted molar refractivity (Wildman–Crippen MR) is 112 cm³/mol. The molecule has 4 rings (SSSR count). The lowest BCUT2D eigenvalue weighted by Crippen LogP contribution is -2.61. The first-order chi connectivity index (χ1) is 12.8. The summed E-state index contributed by atoms with van der Waals surface area (Å²) in [5.74, 6) is 0. The van der Waals surface area contributed by atoms with Crippen LogP contribution in [0.1, 0.15) is 25.3 Å². The van der Waals surface area contributed by atoms with Gasteiger partial charge in [-0.3, -0.25) is 0 Å². The minimum absolute atomic E-state index is 0.345. The van der Waals surface area contributed by atoms with Crippen molar-refractivity contribution >= 4 is 18.7 Å². The quantitative estimate of drug-likeness (QED) is 0.608. The number of aryl methyl sites for hydroxylation is 1. The molecule has 3 aromatic rings. The molecule has 1 aliphatic heterocycles. The van der Waals surface area contributed by atoms with Gasteiger partial charge in [0.15, 0.2) is 0 Å². The Labute approximate surface area is 157 Å². The van der Waals surface area contributed by atoms with Gasteiger partial charge >= 0.3 is 0 Å². The van der Waals surface area contributed by atoms with E-state index in [1.54, 1.807) is 0 Å².